The van der Waals surface area contributed by atoms with E-state index in [-0.39, 0.29) is 0 Å². The van der Waals surface area contributed by atoms with Crippen LogP contribution in [0.5, 0.6) is 0 Å². The molecule has 95 valence electrons. The van der Waals surface area contributed by atoms with Crippen LogP contribution in [-0.4, -0.2) is 32.8 Å². The predicted molar refractivity (Wildman–Crippen MR) is 72.9 cm³/mol. The summed E-state index contributed by atoms with van der Waals surface area (Å²) in [5.74, 6) is 0. The van der Waals surface area contributed by atoms with Gasteiger partial charge in [-0.25, -0.2) is 0 Å². The minimum atomic E-state index is 0.517. The molecule has 0 saturated carbocycles. The number of rotatable bonds is 7. The molecule has 0 saturated heterocycles. The number of hydrogen-bond donors (Lipinski definition) is 2. The molecule has 1 aromatic carbocycles. The van der Waals surface area contributed by atoms with Crippen molar-refractivity contribution < 1.29 is 9.07 Å². The van der Waals surface area contributed by atoms with E-state index in [1.165, 1.54) is 0 Å². The van der Waals surface area contributed by atoms with E-state index in [1.807, 2.05) is 6.07 Å². The van der Waals surface area contributed by atoms with Gasteiger partial charge in [-0.15, -0.1) is 0 Å². The molecule has 0 aliphatic heterocycles. The van der Waals surface area contributed by atoms with Gasteiger partial charge in [0.15, 0.2) is 5.58 Å². The van der Waals surface area contributed by atoms with Gasteiger partial charge in [0.1, 0.15) is 5.52 Å². The largest absolute Gasteiger partial charge is 0.427 e. The van der Waals surface area contributed by atoms with Crippen LogP contribution < -0.4 is 10.5 Å². The molecular weight excluding hydrogens is 252 g/mol. The number of aromatic nitrogens is 1. The molecular formula is C11H14BClN3O2. The van der Waals surface area contributed by atoms with Crippen molar-refractivity contribution >= 4 is 36.3 Å². The van der Waals surface area contributed by atoms with Gasteiger partial charge in [0.2, 0.25) is 0 Å². The summed E-state index contributed by atoms with van der Waals surface area (Å²) < 4.78 is 10.3. The second-order valence-electron chi connectivity index (χ2n) is 3.72. The number of benzene rings is 1. The van der Waals surface area contributed by atoms with Crippen molar-refractivity contribution in [3.05, 3.63) is 23.2 Å². The zero-order chi connectivity index (χ0) is 12.8. The molecule has 1 heterocycles. The Morgan fingerprint density at radius 2 is 2.33 bits per heavy atom. The summed E-state index contributed by atoms with van der Waals surface area (Å²) in [4.78, 5) is 4.29. The summed E-state index contributed by atoms with van der Waals surface area (Å²) in [5, 5.41) is 6.77. The molecule has 0 bridgehead atoms. The number of nitrogens with one attached hydrogen (secondary N) is 2. The third-order valence-electron chi connectivity index (χ3n) is 2.32. The lowest BCUT2D eigenvalue weighted by molar-refractivity contribution is 0.430. The maximum atomic E-state index is 5.88. The highest BCUT2D eigenvalue weighted by atomic mass is 35.5. The Morgan fingerprint density at radius 3 is 3.17 bits per heavy atom. The Balaban J connectivity index is 1.81. The third kappa shape index (κ3) is 3.63. The van der Waals surface area contributed by atoms with Crippen LogP contribution in [0.4, 0.5) is 6.01 Å². The molecule has 0 atom stereocenters. The Bertz CT molecular complexity index is 506. The van der Waals surface area contributed by atoms with E-state index in [0.29, 0.717) is 11.0 Å². The van der Waals surface area contributed by atoms with E-state index in [1.54, 1.807) is 26.9 Å². The average molecular weight is 267 g/mol. The maximum Gasteiger partial charge on any atom is 0.395 e. The molecule has 0 aliphatic rings. The lowest BCUT2D eigenvalue weighted by Gasteiger charge is -2.02. The zero-order valence-electron chi connectivity index (χ0n) is 10.1. The first-order valence-corrected chi connectivity index (χ1v) is 6.05. The third-order valence-corrected chi connectivity index (χ3v) is 2.56. The van der Waals surface area contributed by atoms with Gasteiger partial charge in [0.25, 0.3) is 6.01 Å². The smallest absolute Gasteiger partial charge is 0.395 e. The monoisotopic (exact) mass is 266 g/mol. The molecule has 2 rings (SSSR count). The average Bonchev–Trinajstić information content (AvgIpc) is 2.75. The highest BCUT2D eigenvalue weighted by Crippen LogP contribution is 2.22. The highest BCUT2D eigenvalue weighted by molar-refractivity contribution is 6.31. The summed E-state index contributed by atoms with van der Waals surface area (Å²) in [6.45, 7) is 1.60. The van der Waals surface area contributed by atoms with Crippen LogP contribution in [0, 0.1) is 0 Å². The maximum absolute atomic E-state index is 5.88. The first-order chi connectivity index (χ1) is 8.79. The van der Waals surface area contributed by atoms with Crippen molar-refractivity contribution in [1.29, 1.82) is 0 Å². The van der Waals surface area contributed by atoms with Crippen LogP contribution in [0.3, 0.4) is 0 Å². The standard InChI is InChI=1S/C11H14BClN3O2/c1-17-12-15-6-2-5-14-11-16-9-7-8(13)3-4-10(9)18-11/h3-4,7,15H,2,5-6H2,1H3,(H,14,16). The summed E-state index contributed by atoms with van der Waals surface area (Å²) in [6.07, 6.45) is 0.930. The Kier molecular flexibility index (Phi) is 4.86. The van der Waals surface area contributed by atoms with Crippen molar-refractivity contribution in [2.45, 2.75) is 6.42 Å². The van der Waals surface area contributed by atoms with Crippen LogP contribution in [0.25, 0.3) is 11.1 Å². The van der Waals surface area contributed by atoms with Gasteiger partial charge >= 0.3 is 7.62 Å². The minimum absolute atomic E-state index is 0.517. The van der Waals surface area contributed by atoms with Gasteiger partial charge in [0, 0.05) is 18.7 Å². The lowest BCUT2D eigenvalue weighted by Crippen LogP contribution is -2.23. The number of halogens is 1. The van der Waals surface area contributed by atoms with Gasteiger partial charge < -0.3 is 19.6 Å². The SMILES string of the molecule is CO[B]NCCCNc1nc2cc(Cl)ccc2o1. The first-order valence-electron chi connectivity index (χ1n) is 5.67. The topological polar surface area (TPSA) is 59.3 Å². The molecule has 2 N–H and O–H groups in total. The second-order valence-corrected chi connectivity index (χ2v) is 4.16. The molecule has 0 fully saturated rings. The molecule has 0 spiro atoms. The van der Waals surface area contributed by atoms with Crippen molar-refractivity contribution in [2.24, 2.45) is 0 Å². The Morgan fingerprint density at radius 1 is 1.44 bits per heavy atom. The summed E-state index contributed by atoms with van der Waals surface area (Å²) in [7, 11) is 3.16. The molecule has 0 amide bonds. The van der Waals surface area contributed by atoms with Crippen LogP contribution in [-0.2, 0) is 4.65 Å². The zero-order valence-corrected chi connectivity index (χ0v) is 10.8. The molecule has 18 heavy (non-hydrogen) atoms. The van der Waals surface area contributed by atoms with Gasteiger partial charge in [-0.05, 0) is 31.2 Å². The lowest BCUT2D eigenvalue weighted by atomic mass is 10.2. The van der Waals surface area contributed by atoms with Crippen molar-refractivity contribution in [3.63, 3.8) is 0 Å². The quantitative estimate of drug-likeness (QED) is 0.593. The number of nitrogens with zero attached hydrogens (tertiary/aromatic N) is 1. The fraction of sp³-hybridized carbons (Fsp3) is 0.364. The fourth-order valence-corrected chi connectivity index (χ4v) is 1.67. The highest BCUT2D eigenvalue weighted by Gasteiger charge is 2.05. The van der Waals surface area contributed by atoms with Crippen LogP contribution in [0.2, 0.25) is 5.02 Å². The molecule has 5 nitrogen and oxygen atoms in total. The molecule has 2 aromatic rings. The summed E-state index contributed by atoms with van der Waals surface area (Å²) in [5.41, 5.74) is 1.49. The summed E-state index contributed by atoms with van der Waals surface area (Å²) >= 11 is 5.88. The molecule has 0 unspecified atom stereocenters. The van der Waals surface area contributed by atoms with Gasteiger partial charge in [-0.2, -0.15) is 4.98 Å². The van der Waals surface area contributed by atoms with Crippen molar-refractivity contribution in [3.8, 4) is 0 Å². The second kappa shape index (κ2) is 6.63. The van der Waals surface area contributed by atoms with Gasteiger partial charge in [-0.1, -0.05) is 11.6 Å². The number of fused-ring (bicyclic) bond motifs is 1. The number of anilines is 1. The Labute approximate surface area is 111 Å². The van der Waals surface area contributed by atoms with Crippen LogP contribution >= 0.6 is 11.6 Å². The van der Waals surface area contributed by atoms with E-state index in [9.17, 15) is 0 Å². The molecule has 0 aliphatic carbocycles. The van der Waals surface area contributed by atoms with Crippen molar-refractivity contribution in [2.75, 3.05) is 25.5 Å². The van der Waals surface area contributed by atoms with Crippen LogP contribution in [0.15, 0.2) is 22.6 Å². The number of oxazole rings is 1. The van der Waals surface area contributed by atoms with E-state index in [2.05, 4.69) is 15.5 Å². The minimum Gasteiger partial charge on any atom is -0.427 e. The van der Waals surface area contributed by atoms with E-state index >= 15 is 0 Å². The van der Waals surface area contributed by atoms with E-state index in [4.69, 9.17) is 20.7 Å². The van der Waals surface area contributed by atoms with Gasteiger partial charge in [-0.3, -0.25) is 0 Å². The van der Waals surface area contributed by atoms with Gasteiger partial charge in [0.05, 0.1) is 0 Å². The first kappa shape index (κ1) is 13.2. The van der Waals surface area contributed by atoms with Crippen LogP contribution in [0.1, 0.15) is 6.42 Å². The molecule has 1 aromatic heterocycles. The summed E-state index contributed by atoms with van der Waals surface area (Å²) in [6, 6.07) is 5.89. The Hall–Kier alpha value is -1.24. The number of hydrogen-bond acceptors (Lipinski definition) is 5. The van der Waals surface area contributed by atoms with E-state index < -0.39 is 0 Å². The molecule has 1 radical (unpaired) electrons. The van der Waals surface area contributed by atoms with E-state index in [0.717, 1.165) is 30.6 Å². The normalized spacial score (nSPS) is 10.8. The van der Waals surface area contributed by atoms with Crippen molar-refractivity contribution in [1.82, 2.24) is 10.2 Å². The predicted octanol–water partition coefficient (Wildman–Crippen LogP) is 2.05. The fourth-order valence-electron chi connectivity index (χ4n) is 1.50. The molecule has 7 heteroatoms.